The normalized spacial score (nSPS) is 20.0. The van der Waals surface area contributed by atoms with Crippen molar-refractivity contribution in [2.75, 3.05) is 13.2 Å². The van der Waals surface area contributed by atoms with Crippen LogP contribution in [0.15, 0.2) is 6.07 Å². The Labute approximate surface area is 112 Å². The van der Waals surface area contributed by atoms with Crippen molar-refractivity contribution in [3.8, 4) is 0 Å². The van der Waals surface area contributed by atoms with Gasteiger partial charge in [-0.25, -0.2) is 4.79 Å². The van der Waals surface area contributed by atoms with Crippen LogP contribution >= 0.6 is 0 Å². The van der Waals surface area contributed by atoms with Gasteiger partial charge in [0.1, 0.15) is 0 Å². The lowest BCUT2D eigenvalue weighted by Gasteiger charge is -2.25. The SMILES string of the molecule is O=C(O)c1cc2c(nc1C1CCOCC1)CCCC2. The van der Waals surface area contributed by atoms with E-state index in [1.54, 1.807) is 0 Å². The molecule has 2 aliphatic rings. The molecule has 1 fully saturated rings. The first-order chi connectivity index (χ1) is 9.25. The number of aryl methyl sites for hydroxylation is 2. The number of carboxylic acid groups (broad SMARTS) is 1. The standard InChI is InChI=1S/C15H19NO3/c17-15(18)12-9-11-3-1-2-4-13(11)16-14(12)10-5-7-19-8-6-10/h9-10H,1-8H2,(H,17,18). The van der Waals surface area contributed by atoms with Crippen LogP contribution in [0.5, 0.6) is 0 Å². The van der Waals surface area contributed by atoms with Gasteiger partial charge in [-0.3, -0.25) is 4.98 Å². The Bertz CT molecular complexity index is 492. The molecule has 0 amide bonds. The van der Waals surface area contributed by atoms with Gasteiger partial charge in [0.25, 0.3) is 0 Å². The Balaban J connectivity index is 2.02. The predicted octanol–water partition coefficient (Wildman–Crippen LogP) is 2.55. The van der Waals surface area contributed by atoms with Crippen molar-refractivity contribution in [3.05, 3.63) is 28.6 Å². The van der Waals surface area contributed by atoms with Gasteiger partial charge in [0, 0.05) is 24.8 Å². The van der Waals surface area contributed by atoms with Crippen molar-refractivity contribution < 1.29 is 14.6 Å². The molecule has 102 valence electrons. The van der Waals surface area contributed by atoms with Crippen LogP contribution in [0, 0.1) is 0 Å². The van der Waals surface area contributed by atoms with E-state index < -0.39 is 5.97 Å². The summed E-state index contributed by atoms with van der Waals surface area (Å²) in [5, 5.41) is 9.43. The van der Waals surface area contributed by atoms with Crippen molar-refractivity contribution >= 4 is 5.97 Å². The fraction of sp³-hybridized carbons (Fsp3) is 0.600. The molecule has 2 heterocycles. The molecule has 19 heavy (non-hydrogen) atoms. The molecule has 0 atom stereocenters. The molecule has 1 saturated heterocycles. The Kier molecular flexibility index (Phi) is 3.51. The number of nitrogens with zero attached hydrogens (tertiary/aromatic N) is 1. The lowest BCUT2D eigenvalue weighted by atomic mass is 9.88. The molecule has 0 saturated carbocycles. The van der Waals surface area contributed by atoms with Gasteiger partial charge < -0.3 is 9.84 Å². The lowest BCUT2D eigenvalue weighted by molar-refractivity contribution is 0.0682. The number of carbonyl (C=O) groups is 1. The third-order valence-corrected chi connectivity index (χ3v) is 4.17. The highest BCUT2D eigenvalue weighted by molar-refractivity contribution is 5.89. The van der Waals surface area contributed by atoms with E-state index >= 15 is 0 Å². The molecule has 0 spiro atoms. The zero-order valence-electron chi connectivity index (χ0n) is 11.0. The maximum Gasteiger partial charge on any atom is 0.337 e. The van der Waals surface area contributed by atoms with Gasteiger partial charge in [0.05, 0.1) is 11.3 Å². The second-order valence-corrected chi connectivity index (χ2v) is 5.43. The van der Waals surface area contributed by atoms with E-state index in [0.29, 0.717) is 18.8 Å². The molecule has 3 rings (SSSR count). The van der Waals surface area contributed by atoms with Crippen LogP contribution < -0.4 is 0 Å². The van der Waals surface area contributed by atoms with Crippen molar-refractivity contribution in [1.82, 2.24) is 4.98 Å². The molecule has 1 N–H and O–H groups in total. The first-order valence-electron chi connectivity index (χ1n) is 7.09. The third kappa shape index (κ3) is 2.50. The minimum Gasteiger partial charge on any atom is -0.478 e. The van der Waals surface area contributed by atoms with Crippen molar-refractivity contribution in [2.24, 2.45) is 0 Å². The van der Waals surface area contributed by atoms with Crippen molar-refractivity contribution in [3.63, 3.8) is 0 Å². The number of fused-ring (bicyclic) bond motifs is 1. The van der Waals surface area contributed by atoms with E-state index in [9.17, 15) is 9.90 Å². The summed E-state index contributed by atoms with van der Waals surface area (Å²) in [5.41, 5.74) is 3.46. The third-order valence-electron chi connectivity index (χ3n) is 4.17. The van der Waals surface area contributed by atoms with Crippen LogP contribution in [0.1, 0.15) is 58.9 Å². The fourth-order valence-electron chi connectivity index (χ4n) is 3.10. The van der Waals surface area contributed by atoms with E-state index in [1.807, 2.05) is 6.07 Å². The zero-order chi connectivity index (χ0) is 13.2. The van der Waals surface area contributed by atoms with E-state index in [-0.39, 0.29) is 5.92 Å². The maximum absolute atomic E-state index is 11.5. The van der Waals surface area contributed by atoms with Gasteiger partial charge in [-0.05, 0) is 50.2 Å². The van der Waals surface area contributed by atoms with Crippen LogP contribution in [0.4, 0.5) is 0 Å². The smallest absolute Gasteiger partial charge is 0.337 e. The van der Waals surface area contributed by atoms with E-state index in [2.05, 4.69) is 0 Å². The number of pyridine rings is 1. The summed E-state index contributed by atoms with van der Waals surface area (Å²) < 4.78 is 5.36. The summed E-state index contributed by atoms with van der Waals surface area (Å²) >= 11 is 0. The first-order valence-corrected chi connectivity index (χ1v) is 7.09. The summed E-state index contributed by atoms with van der Waals surface area (Å²) in [7, 11) is 0. The van der Waals surface area contributed by atoms with Crippen LogP contribution in [-0.4, -0.2) is 29.3 Å². The Morgan fingerprint density at radius 1 is 1.26 bits per heavy atom. The molecule has 1 aromatic heterocycles. The van der Waals surface area contributed by atoms with E-state index in [4.69, 9.17) is 9.72 Å². The quantitative estimate of drug-likeness (QED) is 0.888. The van der Waals surface area contributed by atoms with Gasteiger partial charge in [-0.2, -0.15) is 0 Å². The second kappa shape index (κ2) is 5.29. The molecular weight excluding hydrogens is 242 g/mol. The maximum atomic E-state index is 11.5. The minimum absolute atomic E-state index is 0.243. The van der Waals surface area contributed by atoms with Gasteiger partial charge >= 0.3 is 5.97 Å². The number of ether oxygens (including phenoxy) is 1. The summed E-state index contributed by atoms with van der Waals surface area (Å²) in [6, 6.07) is 1.87. The number of carboxylic acids is 1. The van der Waals surface area contributed by atoms with Crippen molar-refractivity contribution in [1.29, 1.82) is 0 Å². The van der Waals surface area contributed by atoms with Crippen LogP contribution in [0.2, 0.25) is 0 Å². The summed E-state index contributed by atoms with van der Waals surface area (Å²) in [6.45, 7) is 1.42. The largest absolute Gasteiger partial charge is 0.478 e. The highest BCUT2D eigenvalue weighted by atomic mass is 16.5. The molecular formula is C15H19NO3. The Morgan fingerprint density at radius 3 is 2.74 bits per heavy atom. The first kappa shape index (κ1) is 12.6. The van der Waals surface area contributed by atoms with Gasteiger partial charge in [-0.15, -0.1) is 0 Å². The molecule has 0 bridgehead atoms. The highest BCUT2D eigenvalue weighted by Crippen LogP contribution is 2.31. The molecule has 4 nitrogen and oxygen atoms in total. The molecule has 1 aliphatic carbocycles. The minimum atomic E-state index is -0.845. The average molecular weight is 261 g/mol. The highest BCUT2D eigenvalue weighted by Gasteiger charge is 2.25. The van der Waals surface area contributed by atoms with Gasteiger partial charge in [0.2, 0.25) is 0 Å². The van der Waals surface area contributed by atoms with E-state index in [1.165, 1.54) is 6.42 Å². The number of rotatable bonds is 2. The average Bonchev–Trinajstić information content (AvgIpc) is 2.46. The summed E-state index contributed by atoms with van der Waals surface area (Å²) in [6.07, 6.45) is 6.03. The molecule has 1 aromatic rings. The summed E-state index contributed by atoms with van der Waals surface area (Å²) in [4.78, 5) is 16.2. The molecule has 0 unspecified atom stereocenters. The lowest BCUT2D eigenvalue weighted by Crippen LogP contribution is -2.20. The second-order valence-electron chi connectivity index (χ2n) is 5.43. The number of hydrogen-bond donors (Lipinski definition) is 1. The zero-order valence-corrected chi connectivity index (χ0v) is 11.0. The topological polar surface area (TPSA) is 59.4 Å². The van der Waals surface area contributed by atoms with Gasteiger partial charge in [-0.1, -0.05) is 0 Å². The van der Waals surface area contributed by atoms with Crippen LogP contribution in [-0.2, 0) is 17.6 Å². The van der Waals surface area contributed by atoms with Crippen molar-refractivity contribution in [2.45, 2.75) is 44.4 Å². The number of aromatic nitrogens is 1. The molecule has 1 aliphatic heterocycles. The van der Waals surface area contributed by atoms with E-state index in [0.717, 1.165) is 49.1 Å². The Morgan fingerprint density at radius 2 is 2.00 bits per heavy atom. The Hall–Kier alpha value is -1.42. The van der Waals surface area contributed by atoms with Gasteiger partial charge in [0.15, 0.2) is 0 Å². The van der Waals surface area contributed by atoms with Crippen LogP contribution in [0.25, 0.3) is 0 Å². The number of hydrogen-bond acceptors (Lipinski definition) is 3. The number of aromatic carboxylic acids is 1. The fourth-order valence-corrected chi connectivity index (χ4v) is 3.10. The molecule has 4 heteroatoms. The molecule has 0 aromatic carbocycles. The summed E-state index contributed by atoms with van der Waals surface area (Å²) in [5.74, 6) is -0.602. The monoisotopic (exact) mass is 261 g/mol. The van der Waals surface area contributed by atoms with Crippen LogP contribution in [0.3, 0.4) is 0 Å². The molecule has 0 radical (unpaired) electrons. The predicted molar refractivity (Wildman–Crippen MR) is 70.6 cm³/mol.